The van der Waals surface area contributed by atoms with Gasteiger partial charge in [-0.1, -0.05) is 23.4 Å². The maximum absolute atomic E-state index is 12.9. The molecule has 13 heteroatoms. The largest absolute Gasteiger partial charge is 0.497 e. The number of methoxy groups -OCH3 is 1. The normalized spacial score (nSPS) is 10.9. The van der Waals surface area contributed by atoms with Crippen LogP contribution in [-0.4, -0.2) is 49.3 Å². The molecule has 13 nitrogen and oxygen atoms in total. The zero-order valence-electron chi connectivity index (χ0n) is 21.3. The van der Waals surface area contributed by atoms with Gasteiger partial charge in [0.1, 0.15) is 11.5 Å². The van der Waals surface area contributed by atoms with Gasteiger partial charge in [0.2, 0.25) is 5.88 Å². The van der Waals surface area contributed by atoms with Gasteiger partial charge in [-0.05, 0) is 55.5 Å². The number of nitro groups is 1. The molecule has 0 aliphatic carbocycles. The highest BCUT2D eigenvalue weighted by Gasteiger charge is 2.19. The highest BCUT2D eigenvalue weighted by atomic mass is 16.6. The number of ether oxygens (including phenoxy) is 2. The molecule has 5 rings (SSSR count). The first-order valence-electron chi connectivity index (χ1n) is 11.9. The SMILES string of the molecule is COc1ccc(-c2[nH]nc(Oc3ccccc3)c2/C=N/NC(=O)c2nnn(-c3ccc([N+](=O)[O-])cc3)c2C)cc1. The van der Waals surface area contributed by atoms with Crippen molar-refractivity contribution < 1.29 is 19.2 Å². The summed E-state index contributed by atoms with van der Waals surface area (Å²) in [4.78, 5) is 23.3. The Labute approximate surface area is 227 Å². The summed E-state index contributed by atoms with van der Waals surface area (Å²) in [6, 6.07) is 22.2. The second-order valence-electron chi connectivity index (χ2n) is 8.37. The zero-order valence-corrected chi connectivity index (χ0v) is 21.3. The molecule has 2 aromatic heterocycles. The second-order valence-corrected chi connectivity index (χ2v) is 8.37. The molecule has 2 N–H and O–H groups in total. The number of nitrogens with one attached hydrogen (secondary N) is 2. The van der Waals surface area contributed by atoms with Crippen molar-refractivity contribution in [3.63, 3.8) is 0 Å². The predicted octanol–water partition coefficient (Wildman–Crippen LogP) is 4.44. The summed E-state index contributed by atoms with van der Waals surface area (Å²) in [5.41, 5.74) is 5.31. The molecule has 40 heavy (non-hydrogen) atoms. The Kier molecular flexibility index (Phi) is 7.26. The van der Waals surface area contributed by atoms with Crippen molar-refractivity contribution in [2.45, 2.75) is 6.92 Å². The van der Waals surface area contributed by atoms with Gasteiger partial charge in [0.25, 0.3) is 11.6 Å². The molecule has 0 saturated carbocycles. The van der Waals surface area contributed by atoms with Crippen LogP contribution in [0.3, 0.4) is 0 Å². The van der Waals surface area contributed by atoms with E-state index < -0.39 is 10.8 Å². The average molecular weight is 539 g/mol. The molecule has 0 spiro atoms. The van der Waals surface area contributed by atoms with Crippen LogP contribution in [0.15, 0.2) is 84.0 Å². The summed E-state index contributed by atoms with van der Waals surface area (Å²) in [7, 11) is 1.59. The van der Waals surface area contributed by atoms with Gasteiger partial charge in [0.05, 0.1) is 40.9 Å². The summed E-state index contributed by atoms with van der Waals surface area (Å²) >= 11 is 0. The van der Waals surface area contributed by atoms with E-state index in [1.807, 2.05) is 42.5 Å². The number of benzene rings is 3. The first-order chi connectivity index (χ1) is 19.4. The van der Waals surface area contributed by atoms with E-state index in [1.54, 1.807) is 26.2 Å². The number of nitro benzene ring substituents is 1. The number of hydrogen-bond donors (Lipinski definition) is 2. The van der Waals surface area contributed by atoms with Crippen molar-refractivity contribution in [2.75, 3.05) is 7.11 Å². The van der Waals surface area contributed by atoms with Crippen molar-refractivity contribution >= 4 is 17.8 Å². The summed E-state index contributed by atoms with van der Waals surface area (Å²) < 4.78 is 12.6. The lowest BCUT2D eigenvalue weighted by Gasteiger charge is -2.05. The molecular weight excluding hydrogens is 516 g/mol. The predicted molar refractivity (Wildman–Crippen MR) is 145 cm³/mol. The number of H-pyrrole nitrogens is 1. The number of hydrogen-bond acceptors (Lipinski definition) is 9. The minimum atomic E-state index is -0.595. The number of carbonyl (C=O) groups excluding carboxylic acids is 1. The van der Waals surface area contributed by atoms with Crippen LogP contribution in [0, 0.1) is 17.0 Å². The molecule has 200 valence electrons. The highest BCUT2D eigenvalue weighted by Crippen LogP contribution is 2.31. The van der Waals surface area contributed by atoms with Gasteiger partial charge in [0, 0.05) is 17.7 Å². The lowest BCUT2D eigenvalue weighted by Crippen LogP contribution is -2.19. The first kappa shape index (κ1) is 25.8. The minimum absolute atomic E-state index is 0.0406. The maximum atomic E-state index is 12.9. The Morgan fingerprint density at radius 2 is 1.77 bits per heavy atom. The second kappa shape index (κ2) is 11.3. The van der Waals surface area contributed by atoms with Crippen molar-refractivity contribution in [1.82, 2.24) is 30.6 Å². The summed E-state index contributed by atoms with van der Waals surface area (Å²) in [5, 5.41) is 30.3. The van der Waals surface area contributed by atoms with Crippen LogP contribution in [0.2, 0.25) is 0 Å². The molecular formula is C27H22N8O5. The fraction of sp³-hybridized carbons (Fsp3) is 0.0741. The number of aromatic nitrogens is 5. The lowest BCUT2D eigenvalue weighted by molar-refractivity contribution is -0.384. The number of para-hydroxylation sites is 1. The molecule has 1 amide bonds. The number of nitrogens with zero attached hydrogens (tertiary/aromatic N) is 6. The van der Waals surface area contributed by atoms with Gasteiger partial charge in [-0.2, -0.15) is 5.10 Å². The quantitative estimate of drug-likeness (QED) is 0.158. The number of non-ortho nitro benzene ring substituents is 1. The molecule has 0 unspecified atom stereocenters. The van der Waals surface area contributed by atoms with Crippen LogP contribution < -0.4 is 14.9 Å². The van der Waals surface area contributed by atoms with E-state index >= 15 is 0 Å². The lowest BCUT2D eigenvalue weighted by atomic mass is 10.1. The van der Waals surface area contributed by atoms with Gasteiger partial charge in [-0.25, -0.2) is 10.1 Å². The molecule has 0 fully saturated rings. The molecule has 0 radical (unpaired) electrons. The van der Waals surface area contributed by atoms with E-state index in [2.05, 4.69) is 31.0 Å². The third kappa shape index (κ3) is 5.38. The third-order valence-electron chi connectivity index (χ3n) is 5.88. The summed E-state index contributed by atoms with van der Waals surface area (Å²) in [5.74, 6) is 0.938. The summed E-state index contributed by atoms with van der Waals surface area (Å²) in [6.07, 6.45) is 1.43. The Morgan fingerprint density at radius 3 is 2.45 bits per heavy atom. The average Bonchev–Trinajstić information content (AvgIpc) is 3.56. The van der Waals surface area contributed by atoms with Crippen LogP contribution in [0.4, 0.5) is 5.69 Å². The monoisotopic (exact) mass is 538 g/mol. The van der Waals surface area contributed by atoms with Crippen molar-refractivity contribution in [1.29, 1.82) is 0 Å². The topological polar surface area (TPSA) is 162 Å². The van der Waals surface area contributed by atoms with E-state index in [9.17, 15) is 14.9 Å². The Morgan fingerprint density at radius 1 is 1.05 bits per heavy atom. The van der Waals surface area contributed by atoms with Crippen LogP contribution in [0.5, 0.6) is 17.4 Å². The molecule has 3 aromatic carbocycles. The number of amides is 1. The zero-order chi connectivity index (χ0) is 28.1. The first-order valence-corrected chi connectivity index (χ1v) is 11.9. The standard InChI is InChI=1S/C27H22N8O5/c1-17-24(30-33-34(17)19-10-12-20(13-11-19)35(37)38)26(36)31-28-16-23-25(18-8-14-21(39-2)15-9-18)29-32-27(23)40-22-6-4-3-5-7-22/h3-16H,1-2H3,(H,29,32)(H,31,36)/b28-16+. The Balaban J connectivity index is 1.38. The number of rotatable bonds is 9. The van der Waals surface area contributed by atoms with Crippen molar-refractivity contribution in [3.8, 4) is 34.3 Å². The van der Waals surface area contributed by atoms with Crippen LogP contribution >= 0.6 is 0 Å². The smallest absolute Gasteiger partial charge is 0.293 e. The van der Waals surface area contributed by atoms with E-state index in [0.29, 0.717) is 34.1 Å². The van der Waals surface area contributed by atoms with Gasteiger partial charge in [-0.15, -0.1) is 10.2 Å². The number of hydrazone groups is 1. The molecule has 0 bridgehead atoms. The molecule has 0 saturated heterocycles. The third-order valence-corrected chi connectivity index (χ3v) is 5.88. The van der Waals surface area contributed by atoms with Gasteiger partial charge < -0.3 is 9.47 Å². The fourth-order valence-electron chi connectivity index (χ4n) is 3.82. The van der Waals surface area contributed by atoms with Gasteiger partial charge >= 0.3 is 0 Å². The molecule has 2 heterocycles. The highest BCUT2D eigenvalue weighted by molar-refractivity contribution is 5.96. The van der Waals surface area contributed by atoms with Crippen LogP contribution in [-0.2, 0) is 0 Å². The van der Waals surface area contributed by atoms with E-state index in [0.717, 1.165) is 5.56 Å². The molecule has 0 atom stereocenters. The van der Waals surface area contributed by atoms with Crippen LogP contribution in [0.25, 0.3) is 16.9 Å². The molecule has 0 aliphatic heterocycles. The number of carbonyl (C=O) groups is 1. The number of aromatic amines is 1. The van der Waals surface area contributed by atoms with Gasteiger partial charge in [0.15, 0.2) is 5.69 Å². The van der Waals surface area contributed by atoms with Gasteiger partial charge in [-0.3, -0.25) is 20.0 Å². The van der Waals surface area contributed by atoms with Crippen LogP contribution in [0.1, 0.15) is 21.7 Å². The van der Waals surface area contributed by atoms with E-state index in [-0.39, 0.29) is 17.3 Å². The Bertz CT molecular complexity index is 1680. The molecule has 0 aliphatic rings. The molecule has 5 aromatic rings. The fourth-order valence-corrected chi connectivity index (χ4v) is 3.82. The summed E-state index contributed by atoms with van der Waals surface area (Å²) in [6.45, 7) is 1.66. The Hall–Kier alpha value is -5.85. The van der Waals surface area contributed by atoms with Crippen molar-refractivity contribution in [3.05, 3.63) is 106 Å². The maximum Gasteiger partial charge on any atom is 0.293 e. The minimum Gasteiger partial charge on any atom is -0.497 e. The van der Waals surface area contributed by atoms with Crippen molar-refractivity contribution in [2.24, 2.45) is 5.10 Å². The van der Waals surface area contributed by atoms with E-state index in [4.69, 9.17) is 9.47 Å². The van der Waals surface area contributed by atoms with E-state index in [1.165, 1.54) is 35.2 Å².